The van der Waals surface area contributed by atoms with Crippen LogP contribution in [0.5, 0.6) is 0 Å². The van der Waals surface area contributed by atoms with Crippen LogP contribution in [0, 0.1) is 34.3 Å². The molecule has 0 spiro atoms. The molecule has 0 saturated heterocycles. The van der Waals surface area contributed by atoms with Gasteiger partial charge in [-0.15, -0.1) is 0 Å². The number of nitrogens with zero attached hydrogens (tertiary/aromatic N) is 2. The normalized spacial score (nSPS) is 23.3. The zero-order valence-electron chi connectivity index (χ0n) is 13.8. The maximum Gasteiger partial charge on any atom is 0.271 e. The summed E-state index contributed by atoms with van der Waals surface area (Å²) in [6.07, 6.45) is 5.18. The zero-order valence-corrected chi connectivity index (χ0v) is 13.8. The number of hydrogen-bond acceptors (Lipinski definition) is 4. The maximum atomic E-state index is 11.2. The van der Waals surface area contributed by atoms with Crippen molar-refractivity contribution in [1.29, 1.82) is 5.26 Å². The zero-order chi connectivity index (χ0) is 17.6. The van der Waals surface area contributed by atoms with Gasteiger partial charge >= 0.3 is 0 Å². The average molecular weight is 331 g/mol. The number of rotatable bonds is 2. The minimum Gasteiger partial charge on any atom is -0.377 e. The summed E-state index contributed by atoms with van der Waals surface area (Å²) in [4.78, 5) is 10.8. The smallest absolute Gasteiger partial charge is 0.271 e. The summed E-state index contributed by atoms with van der Waals surface area (Å²) in [5, 5.41) is 24.2. The van der Waals surface area contributed by atoms with E-state index in [9.17, 15) is 15.4 Å². The van der Waals surface area contributed by atoms with E-state index in [0.717, 1.165) is 17.7 Å². The Hall–Kier alpha value is -3.13. The summed E-state index contributed by atoms with van der Waals surface area (Å²) in [6, 6.07) is 13.6. The number of anilines is 1. The second-order valence-electron chi connectivity index (χ2n) is 6.71. The first-order valence-corrected chi connectivity index (χ1v) is 8.30. The Morgan fingerprint density at radius 1 is 1.28 bits per heavy atom. The predicted octanol–water partition coefficient (Wildman–Crippen LogP) is 4.60. The van der Waals surface area contributed by atoms with Crippen molar-refractivity contribution in [3.05, 3.63) is 80.9 Å². The summed E-state index contributed by atoms with van der Waals surface area (Å²) in [5.41, 5.74) is 4.27. The van der Waals surface area contributed by atoms with Gasteiger partial charge < -0.3 is 5.32 Å². The summed E-state index contributed by atoms with van der Waals surface area (Å²) >= 11 is 0. The van der Waals surface area contributed by atoms with Gasteiger partial charge in [0.1, 0.15) is 6.07 Å². The van der Waals surface area contributed by atoms with Crippen molar-refractivity contribution >= 4 is 11.4 Å². The minimum atomic E-state index is -0.430. The van der Waals surface area contributed by atoms with E-state index in [1.165, 1.54) is 17.2 Å². The highest BCUT2D eigenvalue weighted by molar-refractivity contribution is 5.71. The summed E-state index contributed by atoms with van der Waals surface area (Å²) in [6.45, 7) is 2.06. The molecule has 4 rings (SSSR count). The van der Waals surface area contributed by atoms with Gasteiger partial charge in [-0.2, -0.15) is 5.26 Å². The molecule has 0 bridgehead atoms. The van der Waals surface area contributed by atoms with Crippen molar-refractivity contribution in [1.82, 2.24) is 0 Å². The molecule has 0 fully saturated rings. The van der Waals surface area contributed by atoms with Gasteiger partial charge in [-0.05, 0) is 30.4 Å². The van der Waals surface area contributed by atoms with Gasteiger partial charge in [0.15, 0.2) is 0 Å². The van der Waals surface area contributed by atoms with E-state index in [4.69, 9.17) is 0 Å². The topological polar surface area (TPSA) is 79.0 Å². The third-order valence-corrected chi connectivity index (χ3v) is 5.22. The van der Waals surface area contributed by atoms with Crippen molar-refractivity contribution in [2.24, 2.45) is 5.92 Å². The molecule has 0 radical (unpaired) electrons. The maximum absolute atomic E-state index is 11.2. The molecule has 1 heterocycles. The largest absolute Gasteiger partial charge is 0.377 e. The fourth-order valence-electron chi connectivity index (χ4n) is 3.98. The fraction of sp³-hybridized carbons (Fsp3) is 0.250. The van der Waals surface area contributed by atoms with Crippen molar-refractivity contribution in [3.63, 3.8) is 0 Å². The Morgan fingerprint density at radius 2 is 2.04 bits per heavy atom. The van der Waals surface area contributed by atoms with Gasteiger partial charge in [-0.3, -0.25) is 10.1 Å². The highest BCUT2D eigenvalue weighted by atomic mass is 16.6. The molecule has 3 atom stereocenters. The molecule has 5 heteroatoms. The fourth-order valence-corrected chi connectivity index (χ4v) is 3.98. The van der Waals surface area contributed by atoms with Crippen molar-refractivity contribution in [3.8, 4) is 6.07 Å². The van der Waals surface area contributed by atoms with E-state index in [0.29, 0.717) is 11.5 Å². The second-order valence-corrected chi connectivity index (χ2v) is 6.71. The number of aryl methyl sites for hydroxylation is 1. The molecular weight excluding hydrogens is 314 g/mol. The lowest BCUT2D eigenvalue weighted by atomic mass is 9.76. The van der Waals surface area contributed by atoms with Crippen LogP contribution in [0.1, 0.15) is 40.6 Å². The van der Waals surface area contributed by atoms with E-state index in [1.54, 1.807) is 6.07 Å². The SMILES string of the molecule is Cc1ccc([C@@H]2Nc3c(C#N)cc([N+](=O)[O-])cc3[C@@H]3C=CC[C@@H]32)cc1. The molecule has 0 saturated carbocycles. The highest BCUT2D eigenvalue weighted by Crippen LogP contribution is 2.51. The van der Waals surface area contributed by atoms with Gasteiger partial charge in [0, 0.05) is 18.1 Å². The van der Waals surface area contributed by atoms with Gasteiger partial charge in [-0.1, -0.05) is 42.0 Å². The lowest BCUT2D eigenvalue weighted by Gasteiger charge is -2.37. The van der Waals surface area contributed by atoms with E-state index >= 15 is 0 Å². The first-order chi connectivity index (χ1) is 12.1. The standard InChI is InChI=1S/C20H17N3O2/c1-12-5-7-13(8-6-12)19-17-4-2-3-16(17)18-10-15(23(24)25)9-14(11-21)20(18)22-19/h2-3,5-10,16-17,19,22H,4H2,1H3/t16-,17+,19+/m1/s1. The monoisotopic (exact) mass is 331 g/mol. The van der Waals surface area contributed by atoms with Crippen LogP contribution >= 0.6 is 0 Å². The Labute approximate surface area is 145 Å². The number of benzene rings is 2. The van der Waals surface area contributed by atoms with E-state index in [-0.39, 0.29) is 17.6 Å². The molecule has 124 valence electrons. The van der Waals surface area contributed by atoms with Gasteiger partial charge in [0.05, 0.1) is 22.2 Å². The molecule has 0 unspecified atom stereocenters. The molecule has 0 amide bonds. The predicted molar refractivity (Wildman–Crippen MR) is 95.3 cm³/mol. The van der Waals surface area contributed by atoms with E-state index in [1.807, 2.05) is 0 Å². The van der Waals surface area contributed by atoms with Crippen LogP contribution in [0.25, 0.3) is 0 Å². The molecule has 1 aliphatic carbocycles. The third kappa shape index (κ3) is 2.47. The molecule has 2 aliphatic rings. The molecule has 0 aromatic heterocycles. The molecule has 1 N–H and O–H groups in total. The van der Waals surface area contributed by atoms with Crippen molar-refractivity contribution < 1.29 is 4.92 Å². The first kappa shape index (κ1) is 15.4. The van der Waals surface area contributed by atoms with Crippen LogP contribution in [0.3, 0.4) is 0 Å². The molecule has 1 aliphatic heterocycles. The number of nitrogens with one attached hydrogen (secondary N) is 1. The molecule has 5 nitrogen and oxygen atoms in total. The van der Waals surface area contributed by atoms with Crippen LogP contribution in [-0.2, 0) is 0 Å². The summed E-state index contributed by atoms with van der Waals surface area (Å²) in [5.74, 6) is 0.387. The lowest BCUT2D eigenvalue weighted by molar-refractivity contribution is -0.384. The van der Waals surface area contributed by atoms with Crippen LogP contribution in [0.4, 0.5) is 11.4 Å². The number of fused-ring (bicyclic) bond motifs is 3. The number of nitro groups is 1. The molecular formula is C20H17N3O2. The minimum absolute atomic E-state index is 0.0232. The Balaban J connectivity index is 1.85. The van der Waals surface area contributed by atoms with Gasteiger partial charge in [0.2, 0.25) is 0 Å². The van der Waals surface area contributed by atoms with Crippen LogP contribution in [0.2, 0.25) is 0 Å². The van der Waals surface area contributed by atoms with Crippen LogP contribution in [0.15, 0.2) is 48.6 Å². The van der Waals surface area contributed by atoms with Gasteiger partial charge in [0.25, 0.3) is 5.69 Å². The quantitative estimate of drug-likeness (QED) is 0.495. The first-order valence-electron chi connectivity index (χ1n) is 8.30. The number of allylic oxidation sites excluding steroid dienone is 2. The van der Waals surface area contributed by atoms with E-state index in [2.05, 4.69) is 54.7 Å². The molecule has 25 heavy (non-hydrogen) atoms. The van der Waals surface area contributed by atoms with Gasteiger partial charge in [-0.25, -0.2) is 0 Å². The van der Waals surface area contributed by atoms with Crippen molar-refractivity contribution in [2.45, 2.75) is 25.3 Å². The Kier molecular flexibility index (Phi) is 3.54. The van der Waals surface area contributed by atoms with Crippen LogP contribution < -0.4 is 5.32 Å². The average Bonchev–Trinajstić information content (AvgIpc) is 3.10. The number of non-ortho nitro benzene ring substituents is 1. The van der Waals surface area contributed by atoms with E-state index < -0.39 is 4.92 Å². The summed E-state index contributed by atoms with van der Waals surface area (Å²) in [7, 11) is 0. The third-order valence-electron chi connectivity index (χ3n) is 5.22. The lowest BCUT2D eigenvalue weighted by Crippen LogP contribution is -2.29. The molecule has 2 aromatic carbocycles. The molecule has 2 aromatic rings. The van der Waals surface area contributed by atoms with Crippen LogP contribution in [-0.4, -0.2) is 4.92 Å². The number of hydrogen-bond donors (Lipinski definition) is 1. The number of nitriles is 1. The van der Waals surface area contributed by atoms with Crippen molar-refractivity contribution in [2.75, 3.05) is 5.32 Å². The summed E-state index contributed by atoms with van der Waals surface area (Å²) < 4.78 is 0. The Bertz CT molecular complexity index is 925. The highest BCUT2D eigenvalue weighted by Gasteiger charge is 2.39. The number of nitro benzene ring substituents is 1. The Morgan fingerprint density at radius 3 is 2.72 bits per heavy atom. The second kappa shape index (κ2) is 5.75.